The molecule has 2 aromatic rings. The molecule has 1 saturated heterocycles. The first-order valence-electron chi connectivity index (χ1n) is 9.71. The van der Waals surface area contributed by atoms with Gasteiger partial charge in [-0.15, -0.1) is 0 Å². The van der Waals surface area contributed by atoms with E-state index in [9.17, 15) is 4.79 Å². The minimum atomic E-state index is -0.222. The highest BCUT2D eigenvalue weighted by molar-refractivity contribution is 6.06. The summed E-state index contributed by atoms with van der Waals surface area (Å²) >= 11 is 0. The molecule has 1 fully saturated rings. The maximum atomic E-state index is 12.6. The Morgan fingerprint density at radius 1 is 1.11 bits per heavy atom. The van der Waals surface area contributed by atoms with Crippen LogP contribution in [0.5, 0.6) is 11.5 Å². The highest BCUT2D eigenvalue weighted by Gasteiger charge is 2.16. The number of amides is 1. The molecule has 1 amide bonds. The first kappa shape index (κ1) is 20.2. The van der Waals surface area contributed by atoms with Gasteiger partial charge in [0.25, 0.3) is 5.91 Å². The lowest BCUT2D eigenvalue weighted by Crippen LogP contribution is -2.16. The largest absolute Gasteiger partial charge is 0.491 e. The summed E-state index contributed by atoms with van der Waals surface area (Å²) in [5, 5.41) is 2.89. The third-order valence-corrected chi connectivity index (χ3v) is 4.39. The van der Waals surface area contributed by atoms with Crippen LogP contribution in [-0.4, -0.2) is 45.0 Å². The van der Waals surface area contributed by atoms with Crippen molar-refractivity contribution < 1.29 is 23.7 Å². The fraction of sp³-hybridized carbons (Fsp3) is 0.409. The van der Waals surface area contributed by atoms with Crippen LogP contribution in [0.3, 0.4) is 0 Å². The molecule has 0 saturated carbocycles. The van der Waals surface area contributed by atoms with Crippen LogP contribution in [0.25, 0.3) is 0 Å². The first-order chi connectivity index (χ1) is 13.8. The lowest BCUT2D eigenvalue weighted by molar-refractivity contribution is 0.0679. The second kappa shape index (κ2) is 10.7. The zero-order valence-electron chi connectivity index (χ0n) is 16.2. The van der Waals surface area contributed by atoms with E-state index in [0.29, 0.717) is 43.4 Å². The Kier molecular flexibility index (Phi) is 7.70. The molecule has 0 aliphatic carbocycles. The average molecular weight is 385 g/mol. The number of benzene rings is 2. The summed E-state index contributed by atoms with van der Waals surface area (Å²) in [6.07, 6.45) is 2.31. The van der Waals surface area contributed by atoms with E-state index in [1.165, 1.54) is 0 Å². The Bertz CT molecular complexity index is 741. The van der Waals surface area contributed by atoms with Crippen LogP contribution >= 0.6 is 0 Å². The van der Waals surface area contributed by atoms with Gasteiger partial charge in [0.1, 0.15) is 24.7 Å². The summed E-state index contributed by atoms with van der Waals surface area (Å²) < 4.78 is 22.2. The third kappa shape index (κ3) is 5.97. The van der Waals surface area contributed by atoms with Gasteiger partial charge in [-0.3, -0.25) is 4.79 Å². The average Bonchev–Trinajstić information content (AvgIpc) is 3.25. The summed E-state index contributed by atoms with van der Waals surface area (Å²) in [6.45, 7) is 4.82. The van der Waals surface area contributed by atoms with Crippen LogP contribution in [0, 0.1) is 0 Å². The van der Waals surface area contributed by atoms with Crippen LogP contribution in [0.15, 0.2) is 48.5 Å². The zero-order chi connectivity index (χ0) is 19.6. The standard InChI is InChI=1S/C22H27NO5/c1-2-25-14-15-27-21-8-4-3-7-20(21)22(24)23-17-9-11-18(12-10-17)28-16-19-6-5-13-26-19/h3-4,7-12,19H,2,5-6,13-16H2,1H3,(H,23,24). The zero-order valence-corrected chi connectivity index (χ0v) is 16.2. The number of carbonyl (C=O) groups excluding carboxylic acids is 1. The topological polar surface area (TPSA) is 66.0 Å². The van der Waals surface area contributed by atoms with Gasteiger partial charge < -0.3 is 24.3 Å². The SMILES string of the molecule is CCOCCOc1ccccc1C(=O)Nc1ccc(OCC2CCCO2)cc1. The van der Waals surface area contributed by atoms with Gasteiger partial charge in [0.05, 0.1) is 18.3 Å². The lowest BCUT2D eigenvalue weighted by Gasteiger charge is -2.13. The molecular weight excluding hydrogens is 358 g/mol. The highest BCUT2D eigenvalue weighted by atomic mass is 16.5. The number of anilines is 1. The van der Waals surface area contributed by atoms with E-state index in [-0.39, 0.29) is 12.0 Å². The Balaban J connectivity index is 1.54. The normalized spacial score (nSPS) is 16.0. The van der Waals surface area contributed by atoms with Crippen molar-refractivity contribution in [3.05, 3.63) is 54.1 Å². The molecule has 0 aromatic heterocycles. The van der Waals surface area contributed by atoms with Crippen molar-refractivity contribution >= 4 is 11.6 Å². The fourth-order valence-electron chi connectivity index (χ4n) is 2.93. The molecule has 28 heavy (non-hydrogen) atoms. The van der Waals surface area contributed by atoms with Gasteiger partial charge in [-0.25, -0.2) is 0 Å². The van der Waals surface area contributed by atoms with E-state index in [4.69, 9.17) is 18.9 Å². The molecule has 6 nitrogen and oxygen atoms in total. The second-order valence-electron chi connectivity index (χ2n) is 6.47. The molecule has 0 radical (unpaired) electrons. The third-order valence-electron chi connectivity index (χ3n) is 4.39. The second-order valence-corrected chi connectivity index (χ2v) is 6.47. The van der Waals surface area contributed by atoms with Crippen molar-refractivity contribution in [2.24, 2.45) is 0 Å². The minimum absolute atomic E-state index is 0.179. The summed E-state index contributed by atoms with van der Waals surface area (Å²) in [6, 6.07) is 14.5. The molecule has 0 bridgehead atoms. The molecule has 1 N–H and O–H groups in total. The monoisotopic (exact) mass is 385 g/mol. The molecule has 1 aliphatic heterocycles. The number of nitrogens with one attached hydrogen (secondary N) is 1. The summed E-state index contributed by atoms with van der Waals surface area (Å²) in [7, 11) is 0. The van der Waals surface area contributed by atoms with Crippen LogP contribution in [0.4, 0.5) is 5.69 Å². The molecular formula is C22H27NO5. The molecule has 1 atom stereocenters. The van der Waals surface area contributed by atoms with Crippen LogP contribution in [0.2, 0.25) is 0 Å². The Morgan fingerprint density at radius 2 is 1.93 bits per heavy atom. The van der Waals surface area contributed by atoms with Crippen molar-refractivity contribution in [1.29, 1.82) is 0 Å². The first-order valence-corrected chi connectivity index (χ1v) is 9.71. The van der Waals surface area contributed by atoms with E-state index in [0.717, 1.165) is 25.2 Å². The highest BCUT2D eigenvalue weighted by Crippen LogP contribution is 2.22. The van der Waals surface area contributed by atoms with Gasteiger partial charge in [-0.1, -0.05) is 12.1 Å². The number of rotatable bonds is 10. The molecule has 1 unspecified atom stereocenters. The predicted molar refractivity (Wildman–Crippen MR) is 107 cm³/mol. The van der Waals surface area contributed by atoms with Gasteiger partial charge in [0, 0.05) is 18.9 Å². The van der Waals surface area contributed by atoms with Gasteiger partial charge in [-0.05, 0) is 56.2 Å². The van der Waals surface area contributed by atoms with Crippen molar-refractivity contribution in [3.8, 4) is 11.5 Å². The Hall–Kier alpha value is -2.57. The molecule has 150 valence electrons. The smallest absolute Gasteiger partial charge is 0.259 e. The van der Waals surface area contributed by atoms with Crippen molar-refractivity contribution in [1.82, 2.24) is 0 Å². The van der Waals surface area contributed by atoms with E-state index in [2.05, 4.69) is 5.32 Å². The van der Waals surface area contributed by atoms with E-state index >= 15 is 0 Å². The fourth-order valence-corrected chi connectivity index (χ4v) is 2.93. The Morgan fingerprint density at radius 3 is 2.68 bits per heavy atom. The molecule has 6 heteroatoms. The predicted octanol–water partition coefficient (Wildman–Crippen LogP) is 3.91. The van der Waals surface area contributed by atoms with Gasteiger partial charge in [-0.2, -0.15) is 0 Å². The number of hydrogen-bond acceptors (Lipinski definition) is 5. The van der Waals surface area contributed by atoms with Gasteiger partial charge in [0.2, 0.25) is 0 Å². The number of ether oxygens (including phenoxy) is 4. The Labute approximate surface area is 165 Å². The summed E-state index contributed by atoms with van der Waals surface area (Å²) in [5.74, 6) is 1.07. The number of hydrogen-bond donors (Lipinski definition) is 1. The van der Waals surface area contributed by atoms with Crippen molar-refractivity contribution in [2.45, 2.75) is 25.9 Å². The quantitative estimate of drug-likeness (QED) is 0.628. The number of para-hydroxylation sites is 1. The maximum absolute atomic E-state index is 12.6. The molecule has 0 spiro atoms. The van der Waals surface area contributed by atoms with Gasteiger partial charge in [0.15, 0.2) is 0 Å². The molecule has 3 rings (SSSR count). The van der Waals surface area contributed by atoms with E-state index < -0.39 is 0 Å². The molecule has 2 aromatic carbocycles. The van der Waals surface area contributed by atoms with E-state index in [1.54, 1.807) is 12.1 Å². The molecule has 1 aliphatic rings. The van der Waals surface area contributed by atoms with Crippen molar-refractivity contribution in [2.75, 3.05) is 38.4 Å². The van der Waals surface area contributed by atoms with Crippen LogP contribution < -0.4 is 14.8 Å². The number of carbonyl (C=O) groups is 1. The van der Waals surface area contributed by atoms with Crippen LogP contribution in [-0.2, 0) is 9.47 Å². The maximum Gasteiger partial charge on any atom is 0.259 e. The van der Waals surface area contributed by atoms with E-state index in [1.807, 2.05) is 43.3 Å². The minimum Gasteiger partial charge on any atom is -0.491 e. The van der Waals surface area contributed by atoms with Crippen LogP contribution in [0.1, 0.15) is 30.1 Å². The summed E-state index contributed by atoms with van der Waals surface area (Å²) in [5.41, 5.74) is 1.18. The lowest BCUT2D eigenvalue weighted by atomic mass is 10.2. The summed E-state index contributed by atoms with van der Waals surface area (Å²) in [4.78, 5) is 12.6. The van der Waals surface area contributed by atoms with Gasteiger partial charge >= 0.3 is 0 Å². The molecule has 1 heterocycles. The van der Waals surface area contributed by atoms with Crippen molar-refractivity contribution in [3.63, 3.8) is 0 Å².